The standard InChI is InChI=1S/C21H25NO/c1-3-13-22-20(16-11-7-8-12-17(16)21(22)23-2)19-14-18(19)15-9-5-4-6-10-15/h3-6,9-10,18-19H,1,7-8,11-14H2,2H3/t18-,19+/m0/s1. The average molecular weight is 307 g/mol. The van der Waals surface area contributed by atoms with Crippen LogP contribution in [0.1, 0.15) is 53.5 Å². The molecular formula is C21H25NO. The first-order chi connectivity index (χ1) is 11.3. The number of nitrogens with zero attached hydrogens (tertiary/aromatic N) is 1. The van der Waals surface area contributed by atoms with Crippen molar-refractivity contribution >= 4 is 0 Å². The van der Waals surface area contributed by atoms with Gasteiger partial charge in [-0.15, -0.1) is 6.58 Å². The Labute approximate surface area is 138 Å². The summed E-state index contributed by atoms with van der Waals surface area (Å²) in [5, 5.41) is 0. The Balaban J connectivity index is 1.76. The van der Waals surface area contributed by atoms with Crippen LogP contribution in [0.5, 0.6) is 5.88 Å². The fraction of sp³-hybridized carbons (Fsp3) is 0.429. The summed E-state index contributed by atoms with van der Waals surface area (Å²) in [6.45, 7) is 4.81. The molecule has 2 aromatic rings. The van der Waals surface area contributed by atoms with Crippen molar-refractivity contribution in [3.63, 3.8) is 0 Å². The fourth-order valence-electron chi connectivity index (χ4n) is 4.39. The summed E-state index contributed by atoms with van der Waals surface area (Å²) >= 11 is 0. The maximum Gasteiger partial charge on any atom is 0.197 e. The van der Waals surface area contributed by atoms with E-state index in [9.17, 15) is 0 Å². The van der Waals surface area contributed by atoms with Crippen molar-refractivity contribution in [1.82, 2.24) is 4.57 Å². The van der Waals surface area contributed by atoms with Crippen molar-refractivity contribution in [3.05, 3.63) is 65.4 Å². The number of aromatic nitrogens is 1. The van der Waals surface area contributed by atoms with Crippen LogP contribution in [0.4, 0.5) is 0 Å². The van der Waals surface area contributed by atoms with E-state index in [0.717, 1.165) is 12.4 Å². The minimum Gasteiger partial charge on any atom is -0.482 e. The van der Waals surface area contributed by atoms with Crippen molar-refractivity contribution in [2.75, 3.05) is 7.11 Å². The summed E-state index contributed by atoms with van der Waals surface area (Å²) in [7, 11) is 1.81. The zero-order chi connectivity index (χ0) is 15.8. The zero-order valence-electron chi connectivity index (χ0n) is 13.9. The zero-order valence-corrected chi connectivity index (χ0v) is 13.9. The van der Waals surface area contributed by atoms with Gasteiger partial charge in [-0.05, 0) is 49.1 Å². The topological polar surface area (TPSA) is 14.2 Å². The molecule has 2 heteroatoms. The second kappa shape index (κ2) is 5.92. The molecule has 2 aliphatic carbocycles. The molecule has 2 atom stereocenters. The van der Waals surface area contributed by atoms with Gasteiger partial charge in [-0.25, -0.2) is 0 Å². The normalized spacial score (nSPS) is 22.5. The van der Waals surface area contributed by atoms with Gasteiger partial charge in [-0.2, -0.15) is 0 Å². The molecule has 2 aliphatic rings. The highest BCUT2D eigenvalue weighted by atomic mass is 16.5. The number of fused-ring (bicyclic) bond motifs is 1. The Morgan fingerprint density at radius 3 is 2.57 bits per heavy atom. The fourth-order valence-corrected chi connectivity index (χ4v) is 4.39. The molecule has 1 heterocycles. The largest absolute Gasteiger partial charge is 0.482 e. The van der Waals surface area contributed by atoms with Crippen LogP contribution in [-0.2, 0) is 19.4 Å². The molecule has 0 radical (unpaired) electrons. The number of rotatable bonds is 5. The summed E-state index contributed by atoms with van der Waals surface area (Å²) in [6, 6.07) is 11.0. The molecule has 23 heavy (non-hydrogen) atoms. The molecule has 1 aromatic heterocycles. The van der Waals surface area contributed by atoms with Crippen molar-refractivity contribution in [2.24, 2.45) is 0 Å². The van der Waals surface area contributed by atoms with Gasteiger partial charge in [0.2, 0.25) is 0 Å². The summed E-state index contributed by atoms with van der Waals surface area (Å²) in [4.78, 5) is 0. The van der Waals surface area contributed by atoms with E-state index in [2.05, 4.69) is 41.5 Å². The Hall–Kier alpha value is -1.96. The Morgan fingerprint density at radius 1 is 1.13 bits per heavy atom. The highest BCUT2D eigenvalue weighted by molar-refractivity contribution is 5.49. The number of hydrogen-bond acceptors (Lipinski definition) is 1. The van der Waals surface area contributed by atoms with Gasteiger partial charge in [0.25, 0.3) is 0 Å². The molecule has 120 valence electrons. The van der Waals surface area contributed by atoms with Crippen LogP contribution in [-0.4, -0.2) is 11.7 Å². The van der Waals surface area contributed by atoms with Gasteiger partial charge in [0.1, 0.15) is 0 Å². The summed E-state index contributed by atoms with van der Waals surface area (Å²) in [5.41, 5.74) is 6.06. The van der Waals surface area contributed by atoms with Crippen molar-refractivity contribution in [3.8, 4) is 5.88 Å². The molecule has 1 saturated carbocycles. The van der Waals surface area contributed by atoms with E-state index < -0.39 is 0 Å². The quantitative estimate of drug-likeness (QED) is 0.721. The van der Waals surface area contributed by atoms with Crippen LogP contribution in [0.25, 0.3) is 0 Å². The van der Waals surface area contributed by atoms with Crippen LogP contribution in [0.15, 0.2) is 43.0 Å². The molecule has 1 aromatic carbocycles. The maximum atomic E-state index is 5.81. The third-order valence-electron chi connectivity index (χ3n) is 5.45. The van der Waals surface area contributed by atoms with Gasteiger partial charge in [-0.3, -0.25) is 0 Å². The highest BCUT2D eigenvalue weighted by Crippen LogP contribution is 2.57. The Kier molecular flexibility index (Phi) is 3.76. The van der Waals surface area contributed by atoms with E-state index in [1.54, 1.807) is 5.56 Å². The van der Waals surface area contributed by atoms with E-state index >= 15 is 0 Å². The lowest BCUT2D eigenvalue weighted by Gasteiger charge is -2.13. The van der Waals surface area contributed by atoms with E-state index in [1.807, 2.05) is 13.2 Å². The van der Waals surface area contributed by atoms with Crippen LogP contribution in [0.3, 0.4) is 0 Å². The lowest BCUT2D eigenvalue weighted by atomic mass is 9.92. The summed E-state index contributed by atoms with van der Waals surface area (Å²) in [6.07, 6.45) is 8.23. The Bertz CT molecular complexity index is 713. The van der Waals surface area contributed by atoms with Crippen molar-refractivity contribution in [1.29, 1.82) is 0 Å². The van der Waals surface area contributed by atoms with Gasteiger partial charge in [0, 0.05) is 23.7 Å². The summed E-state index contributed by atoms with van der Waals surface area (Å²) in [5.74, 6) is 2.41. The van der Waals surface area contributed by atoms with Crippen LogP contribution in [0.2, 0.25) is 0 Å². The van der Waals surface area contributed by atoms with Gasteiger partial charge >= 0.3 is 0 Å². The lowest BCUT2D eigenvalue weighted by molar-refractivity contribution is 0.370. The first-order valence-electron chi connectivity index (χ1n) is 8.79. The van der Waals surface area contributed by atoms with E-state index in [4.69, 9.17) is 4.74 Å². The second-order valence-corrected chi connectivity index (χ2v) is 6.82. The maximum absolute atomic E-state index is 5.81. The van der Waals surface area contributed by atoms with Crippen LogP contribution in [0, 0.1) is 0 Å². The number of benzene rings is 1. The van der Waals surface area contributed by atoms with E-state index in [0.29, 0.717) is 11.8 Å². The van der Waals surface area contributed by atoms with Crippen LogP contribution >= 0.6 is 0 Å². The van der Waals surface area contributed by atoms with Gasteiger partial charge in [-0.1, -0.05) is 36.4 Å². The number of methoxy groups -OCH3 is 1. The first-order valence-corrected chi connectivity index (χ1v) is 8.79. The molecule has 0 aliphatic heterocycles. The molecule has 4 rings (SSSR count). The number of allylic oxidation sites excluding steroid dienone is 1. The molecule has 0 bridgehead atoms. The molecule has 1 fully saturated rings. The molecule has 0 spiro atoms. The number of ether oxygens (including phenoxy) is 1. The predicted molar refractivity (Wildman–Crippen MR) is 94.4 cm³/mol. The van der Waals surface area contributed by atoms with Crippen molar-refractivity contribution in [2.45, 2.75) is 50.5 Å². The summed E-state index contributed by atoms with van der Waals surface area (Å²) < 4.78 is 8.21. The highest BCUT2D eigenvalue weighted by Gasteiger charge is 2.44. The molecule has 0 N–H and O–H groups in total. The van der Waals surface area contributed by atoms with Gasteiger partial charge in [0.15, 0.2) is 5.88 Å². The molecule has 0 saturated heterocycles. The third kappa shape index (κ3) is 2.41. The van der Waals surface area contributed by atoms with Gasteiger partial charge < -0.3 is 9.30 Å². The molecule has 0 unspecified atom stereocenters. The smallest absolute Gasteiger partial charge is 0.197 e. The monoisotopic (exact) mass is 307 g/mol. The van der Waals surface area contributed by atoms with E-state index in [-0.39, 0.29) is 0 Å². The van der Waals surface area contributed by atoms with E-state index in [1.165, 1.54) is 48.9 Å². The first kappa shape index (κ1) is 14.6. The third-order valence-corrected chi connectivity index (χ3v) is 5.45. The molecular weight excluding hydrogens is 282 g/mol. The number of hydrogen-bond donors (Lipinski definition) is 0. The second-order valence-electron chi connectivity index (χ2n) is 6.82. The molecule has 0 amide bonds. The average Bonchev–Trinajstić information content (AvgIpc) is 3.32. The van der Waals surface area contributed by atoms with Gasteiger partial charge in [0.05, 0.1) is 7.11 Å². The van der Waals surface area contributed by atoms with Crippen molar-refractivity contribution < 1.29 is 4.74 Å². The minimum absolute atomic E-state index is 0.646. The lowest BCUT2D eigenvalue weighted by Crippen LogP contribution is -2.05. The molecule has 2 nitrogen and oxygen atoms in total. The minimum atomic E-state index is 0.646. The Morgan fingerprint density at radius 2 is 1.87 bits per heavy atom. The SMILES string of the molecule is C=CCn1c(OC)c2c(c1[C@@H]1C[C@H]1c1ccccc1)CCCC2. The van der Waals surface area contributed by atoms with Crippen LogP contribution < -0.4 is 4.74 Å². The predicted octanol–water partition coefficient (Wildman–Crippen LogP) is 4.83.